The largest absolute Gasteiger partial charge is 0.493 e. The zero-order chi connectivity index (χ0) is 16.1. The minimum atomic E-state index is 0.0149. The van der Waals surface area contributed by atoms with Crippen molar-refractivity contribution in [1.82, 2.24) is 10.3 Å². The van der Waals surface area contributed by atoms with Gasteiger partial charge in [0.1, 0.15) is 5.75 Å². The lowest BCUT2D eigenvalue weighted by molar-refractivity contribution is -0.122. The molecule has 3 rings (SSSR count). The van der Waals surface area contributed by atoms with Crippen molar-refractivity contribution in [2.45, 2.75) is 32.2 Å². The van der Waals surface area contributed by atoms with Crippen LogP contribution in [0.25, 0.3) is 0 Å². The summed E-state index contributed by atoms with van der Waals surface area (Å²) in [5.41, 5.74) is 1.94. The Morgan fingerprint density at radius 1 is 1.22 bits per heavy atom. The molecule has 0 saturated heterocycles. The molecular formula is C19H22N2O2. The Morgan fingerprint density at radius 2 is 2.00 bits per heavy atom. The van der Waals surface area contributed by atoms with Crippen molar-refractivity contribution in [3.63, 3.8) is 0 Å². The number of carbonyl (C=O) groups excluding carboxylic acids is 1. The number of aryl methyl sites for hydroxylation is 1. The van der Waals surface area contributed by atoms with Crippen molar-refractivity contribution in [2.75, 3.05) is 6.61 Å². The number of hydrogen-bond donors (Lipinski definition) is 1. The van der Waals surface area contributed by atoms with Gasteiger partial charge in [-0.15, -0.1) is 0 Å². The molecule has 1 aromatic carbocycles. The van der Waals surface area contributed by atoms with E-state index in [1.54, 1.807) is 0 Å². The van der Waals surface area contributed by atoms with Crippen LogP contribution in [0.5, 0.6) is 5.75 Å². The van der Waals surface area contributed by atoms with Gasteiger partial charge in [-0.2, -0.15) is 0 Å². The van der Waals surface area contributed by atoms with Gasteiger partial charge in [-0.25, -0.2) is 0 Å². The monoisotopic (exact) mass is 310 g/mol. The van der Waals surface area contributed by atoms with Crippen LogP contribution in [-0.2, 0) is 4.79 Å². The maximum atomic E-state index is 12.2. The molecule has 1 aromatic heterocycles. The number of carbonyl (C=O) groups is 1. The third-order valence-corrected chi connectivity index (χ3v) is 3.98. The van der Waals surface area contributed by atoms with E-state index in [4.69, 9.17) is 4.74 Å². The van der Waals surface area contributed by atoms with Gasteiger partial charge in [0, 0.05) is 5.69 Å². The number of nitrogens with zero attached hydrogens (tertiary/aromatic N) is 1. The molecule has 1 fully saturated rings. The predicted octanol–water partition coefficient (Wildman–Crippen LogP) is 3.43. The molecule has 1 aliphatic rings. The minimum absolute atomic E-state index is 0.0149. The van der Waals surface area contributed by atoms with Crippen LogP contribution in [0.3, 0.4) is 0 Å². The molecule has 0 unspecified atom stereocenters. The lowest BCUT2D eigenvalue weighted by Crippen LogP contribution is -2.31. The molecular weight excluding hydrogens is 288 g/mol. The van der Waals surface area contributed by atoms with Crippen LogP contribution >= 0.6 is 0 Å². The second-order valence-corrected chi connectivity index (χ2v) is 6.00. The van der Waals surface area contributed by atoms with E-state index in [0.29, 0.717) is 18.9 Å². The second kappa shape index (κ2) is 7.27. The fraction of sp³-hybridized carbons (Fsp3) is 0.368. The van der Waals surface area contributed by atoms with Crippen LogP contribution in [0, 0.1) is 12.8 Å². The molecule has 1 heterocycles. The standard InChI is InChI=1S/C19H22N2O2/c1-14-6-5-9-17(20-14)19(15-10-11-15)21-18(22)12-13-23-16-7-3-2-4-8-16/h2-9,15,19H,10-13H2,1H3,(H,21,22)/t19-/m1/s1. The molecule has 1 saturated carbocycles. The van der Waals surface area contributed by atoms with Gasteiger partial charge in [0.15, 0.2) is 0 Å². The van der Waals surface area contributed by atoms with Crippen LogP contribution in [0.15, 0.2) is 48.5 Å². The van der Waals surface area contributed by atoms with Gasteiger partial charge in [0.2, 0.25) is 5.91 Å². The molecule has 1 amide bonds. The second-order valence-electron chi connectivity index (χ2n) is 6.00. The van der Waals surface area contributed by atoms with Gasteiger partial charge in [0.25, 0.3) is 0 Å². The Morgan fingerprint density at radius 3 is 2.70 bits per heavy atom. The molecule has 0 aliphatic heterocycles. The zero-order valence-corrected chi connectivity index (χ0v) is 13.4. The summed E-state index contributed by atoms with van der Waals surface area (Å²) in [5.74, 6) is 1.32. The highest BCUT2D eigenvalue weighted by Gasteiger charge is 2.34. The Balaban J connectivity index is 1.53. The van der Waals surface area contributed by atoms with Crippen molar-refractivity contribution in [1.29, 1.82) is 0 Å². The summed E-state index contributed by atoms with van der Waals surface area (Å²) in [7, 11) is 0. The van der Waals surface area contributed by atoms with Gasteiger partial charge >= 0.3 is 0 Å². The molecule has 23 heavy (non-hydrogen) atoms. The van der Waals surface area contributed by atoms with Gasteiger partial charge in [-0.1, -0.05) is 24.3 Å². The number of ether oxygens (including phenoxy) is 1. The van der Waals surface area contributed by atoms with Crippen molar-refractivity contribution < 1.29 is 9.53 Å². The van der Waals surface area contributed by atoms with E-state index in [2.05, 4.69) is 10.3 Å². The zero-order valence-electron chi connectivity index (χ0n) is 13.4. The van der Waals surface area contributed by atoms with Gasteiger partial charge in [-0.3, -0.25) is 9.78 Å². The topological polar surface area (TPSA) is 51.2 Å². The summed E-state index contributed by atoms with van der Waals surface area (Å²) in [4.78, 5) is 16.8. The van der Waals surface area contributed by atoms with E-state index in [0.717, 1.165) is 30.0 Å². The summed E-state index contributed by atoms with van der Waals surface area (Å²) in [6.07, 6.45) is 2.66. The lowest BCUT2D eigenvalue weighted by atomic mass is 10.1. The van der Waals surface area contributed by atoms with Crippen LogP contribution in [-0.4, -0.2) is 17.5 Å². The molecule has 0 radical (unpaired) electrons. The molecule has 1 N–H and O–H groups in total. The maximum Gasteiger partial charge on any atom is 0.223 e. The first-order valence-electron chi connectivity index (χ1n) is 8.13. The molecule has 120 valence electrons. The predicted molar refractivity (Wildman–Crippen MR) is 89.1 cm³/mol. The summed E-state index contributed by atoms with van der Waals surface area (Å²) in [6.45, 7) is 2.36. The number of amides is 1. The Kier molecular flexibility index (Phi) is 4.91. The molecule has 4 heteroatoms. The number of benzene rings is 1. The summed E-state index contributed by atoms with van der Waals surface area (Å²) >= 11 is 0. The van der Waals surface area contributed by atoms with Crippen molar-refractivity contribution in [3.05, 3.63) is 59.9 Å². The molecule has 2 aromatic rings. The maximum absolute atomic E-state index is 12.2. The Labute approximate surface area is 136 Å². The first kappa shape index (κ1) is 15.5. The molecule has 1 aliphatic carbocycles. The van der Waals surface area contributed by atoms with E-state index < -0.39 is 0 Å². The Bertz CT molecular complexity index is 653. The minimum Gasteiger partial charge on any atom is -0.493 e. The van der Waals surface area contributed by atoms with Crippen molar-refractivity contribution in [3.8, 4) is 5.75 Å². The van der Waals surface area contributed by atoms with E-state index in [9.17, 15) is 4.79 Å². The van der Waals surface area contributed by atoms with E-state index in [1.165, 1.54) is 0 Å². The van der Waals surface area contributed by atoms with Crippen LogP contribution in [0.4, 0.5) is 0 Å². The van der Waals surface area contributed by atoms with Crippen LogP contribution in [0.1, 0.15) is 36.7 Å². The fourth-order valence-electron chi connectivity index (χ4n) is 2.62. The highest BCUT2D eigenvalue weighted by atomic mass is 16.5. The van der Waals surface area contributed by atoms with E-state index >= 15 is 0 Å². The number of para-hydroxylation sites is 1. The number of aromatic nitrogens is 1. The average molecular weight is 310 g/mol. The SMILES string of the molecule is Cc1cccc([C@H](NC(=O)CCOc2ccccc2)C2CC2)n1. The van der Waals surface area contributed by atoms with E-state index in [-0.39, 0.29) is 11.9 Å². The lowest BCUT2D eigenvalue weighted by Gasteiger charge is -2.18. The van der Waals surface area contributed by atoms with Gasteiger partial charge in [-0.05, 0) is 49.9 Å². The Hall–Kier alpha value is -2.36. The smallest absolute Gasteiger partial charge is 0.223 e. The summed E-state index contributed by atoms with van der Waals surface area (Å²) in [6, 6.07) is 15.6. The quantitative estimate of drug-likeness (QED) is 0.852. The first-order valence-corrected chi connectivity index (χ1v) is 8.13. The van der Waals surface area contributed by atoms with Crippen molar-refractivity contribution in [2.24, 2.45) is 5.92 Å². The fourth-order valence-corrected chi connectivity index (χ4v) is 2.62. The molecule has 1 atom stereocenters. The van der Waals surface area contributed by atoms with Gasteiger partial charge in [0.05, 0.1) is 24.8 Å². The molecule has 0 spiro atoms. The average Bonchev–Trinajstić information content (AvgIpc) is 3.38. The first-order chi connectivity index (χ1) is 11.2. The van der Waals surface area contributed by atoms with Crippen LogP contribution < -0.4 is 10.1 Å². The van der Waals surface area contributed by atoms with E-state index in [1.807, 2.05) is 55.5 Å². The number of rotatable bonds is 7. The normalized spacial score (nSPS) is 15.0. The molecule has 0 bridgehead atoms. The number of pyridine rings is 1. The molecule has 4 nitrogen and oxygen atoms in total. The number of nitrogens with one attached hydrogen (secondary N) is 1. The highest BCUT2D eigenvalue weighted by Crippen LogP contribution is 2.40. The number of hydrogen-bond acceptors (Lipinski definition) is 3. The van der Waals surface area contributed by atoms with Crippen molar-refractivity contribution >= 4 is 5.91 Å². The highest BCUT2D eigenvalue weighted by molar-refractivity contribution is 5.76. The summed E-state index contributed by atoms with van der Waals surface area (Å²) < 4.78 is 5.58. The third kappa shape index (κ3) is 4.55. The van der Waals surface area contributed by atoms with Crippen LogP contribution in [0.2, 0.25) is 0 Å². The third-order valence-electron chi connectivity index (χ3n) is 3.98. The van der Waals surface area contributed by atoms with Gasteiger partial charge < -0.3 is 10.1 Å². The summed E-state index contributed by atoms with van der Waals surface area (Å²) in [5, 5.41) is 3.13.